The van der Waals surface area contributed by atoms with Gasteiger partial charge in [0.15, 0.2) is 5.41 Å². The summed E-state index contributed by atoms with van der Waals surface area (Å²) in [4.78, 5) is 41.4. The molecule has 2 fully saturated rings. The van der Waals surface area contributed by atoms with E-state index < -0.39 is 29.4 Å². The number of ether oxygens (including phenoxy) is 1. The van der Waals surface area contributed by atoms with Crippen LogP contribution in [0, 0.1) is 5.41 Å². The number of benzene rings is 1. The predicted molar refractivity (Wildman–Crippen MR) is 119 cm³/mol. The first kappa shape index (κ1) is 19.8. The highest BCUT2D eigenvalue weighted by Crippen LogP contribution is 2.51. The van der Waals surface area contributed by atoms with Crippen LogP contribution in [-0.2, 0) is 14.3 Å². The quantitative estimate of drug-likeness (QED) is 0.717. The SMILES string of the molecule is CC1=NN(c2ccccc2)C(=O)[C@]12C(=S)N[C@H](C(=O)N1CCOC1=O)[C@@H]2c1cccs1. The number of para-hydroxylation sites is 1. The lowest BCUT2D eigenvalue weighted by molar-refractivity contribution is -0.130. The third kappa shape index (κ3) is 2.75. The molecule has 0 unspecified atom stereocenters. The summed E-state index contributed by atoms with van der Waals surface area (Å²) in [5.74, 6) is -1.41. The normalized spacial score (nSPS) is 27.6. The second-order valence-corrected chi connectivity index (χ2v) is 8.88. The number of hydrazone groups is 1. The number of rotatable bonds is 3. The van der Waals surface area contributed by atoms with E-state index in [1.165, 1.54) is 16.3 Å². The highest BCUT2D eigenvalue weighted by Gasteiger charge is 2.66. The molecule has 1 N–H and O–H groups in total. The zero-order chi connectivity index (χ0) is 21.8. The number of carbonyl (C=O) groups excluding carboxylic acids is 3. The molecule has 4 heterocycles. The summed E-state index contributed by atoms with van der Waals surface area (Å²) in [6, 6.07) is 11.9. The molecule has 158 valence electrons. The van der Waals surface area contributed by atoms with Gasteiger partial charge in [-0.25, -0.2) is 9.69 Å². The first-order chi connectivity index (χ1) is 15.0. The van der Waals surface area contributed by atoms with E-state index in [0.29, 0.717) is 11.4 Å². The highest BCUT2D eigenvalue weighted by molar-refractivity contribution is 7.80. The van der Waals surface area contributed by atoms with Crippen molar-refractivity contribution < 1.29 is 19.1 Å². The van der Waals surface area contributed by atoms with Crippen LogP contribution in [0.25, 0.3) is 0 Å². The molecule has 0 saturated carbocycles. The van der Waals surface area contributed by atoms with Crippen molar-refractivity contribution in [2.75, 3.05) is 18.2 Å². The fourth-order valence-electron chi connectivity index (χ4n) is 4.50. The van der Waals surface area contributed by atoms with E-state index in [1.54, 1.807) is 19.1 Å². The predicted octanol–water partition coefficient (Wildman–Crippen LogP) is 2.52. The van der Waals surface area contributed by atoms with Gasteiger partial charge in [0.05, 0.1) is 22.9 Å². The van der Waals surface area contributed by atoms with Gasteiger partial charge in [-0.2, -0.15) is 10.1 Å². The Kier molecular flexibility index (Phi) is 4.63. The number of amides is 3. The van der Waals surface area contributed by atoms with Crippen LogP contribution in [0.3, 0.4) is 0 Å². The topological polar surface area (TPSA) is 91.3 Å². The molecule has 1 aromatic heterocycles. The van der Waals surface area contributed by atoms with Crippen molar-refractivity contribution in [3.05, 3.63) is 52.7 Å². The lowest BCUT2D eigenvalue weighted by atomic mass is 9.70. The molecule has 3 aliphatic rings. The van der Waals surface area contributed by atoms with Crippen molar-refractivity contribution in [1.82, 2.24) is 10.2 Å². The molecule has 1 spiro atoms. The van der Waals surface area contributed by atoms with Gasteiger partial charge >= 0.3 is 6.09 Å². The average Bonchev–Trinajstić information content (AvgIpc) is 3.54. The smallest absolute Gasteiger partial charge is 0.416 e. The maximum absolute atomic E-state index is 13.9. The summed E-state index contributed by atoms with van der Waals surface area (Å²) in [6.07, 6.45) is -0.683. The number of hydrogen-bond acceptors (Lipinski definition) is 7. The number of cyclic esters (lactones) is 1. The average molecular weight is 455 g/mol. The van der Waals surface area contributed by atoms with Crippen molar-refractivity contribution in [3.8, 4) is 0 Å². The molecular formula is C21H18N4O4S2. The maximum atomic E-state index is 13.9. The van der Waals surface area contributed by atoms with Crippen molar-refractivity contribution in [3.63, 3.8) is 0 Å². The Morgan fingerprint density at radius 2 is 2.03 bits per heavy atom. The molecule has 0 radical (unpaired) electrons. The summed E-state index contributed by atoms with van der Waals surface area (Å²) >= 11 is 7.11. The van der Waals surface area contributed by atoms with Crippen LogP contribution in [0.1, 0.15) is 17.7 Å². The van der Waals surface area contributed by atoms with Gasteiger partial charge in [0, 0.05) is 10.8 Å². The molecule has 2 saturated heterocycles. The summed E-state index contributed by atoms with van der Waals surface area (Å²) in [5.41, 5.74) is -0.175. The molecule has 3 aliphatic heterocycles. The van der Waals surface area contributed by atoms with Crippen molar-refractivity contribution in [2.45, 2.75) is 18.9 Å². The van der Waals surface area contributed by atoms with Gasteiger partial charge in [-0.05, 0) is 30.5 Å². The van der Waals surface area contributed by atoms with Gasteiger partial charge in [0.2, 0.25) is 0 Å². The number of nitrogens with zero attached hydrogens (tertiary/aromatic N) is 3. The molecule has 31 heavy (non-hydrogen) atoms. The molecule has 3 amide bonds. The van der Waals surface area contributed by atoms with Gasteiger partial charge in [-0.15, -0.1) is 11.3 Å². The minimum absolute atomic E-state index is 0.151. The zero-order valence-corrected chi connectivity index (χ0v) is 18.1. The Hall–Kier alpha value is -3.11. The monoisotopic (exact) mass is 454 g/mol. The first-order valence-corrected chi connectivity index (χ1v) is 11.0. The molecule has 3 atom stereocenters. The third-order valence-electron chi connectivity index (χ3n) is 5.94. The number of thiocarbonyl (C=S) groups is 1. The number of nitrogens with one attached hydrogen (secondary N) is 1. The minimum Gasteiger partial charge on any atom is -0.447 e. The van der Waals surface area contributed by atoms with Crippen molar-refractivity contribution in [2.24, 2.45) is 10.5 Å². The molecular weight excluding hydrogens is 436 g/mol. The number of thiophene rings is 1. The summed E-state index contributed by atoms with van der Waals surface area (Å²) in [6.45, 7) is 2.08. The molecule has 1 aromatic carbocycles. The Morgan fingerprint density at radius 3 is 2.68 bits per heavy atom. The van der Waals surface area contributed by atoms with Gasteiger partial charge in [-0.3, -0.25) is 9.59 Å². The maximum Gasteiger partial charge on any atom is 0.416 e. The summed E-state index contributed by atoms with van der Waals surface area (Å²) < 4.78 is 4.94. The number of carbonyl (C=O) groups is 3. The Morgan fingerprint density at radius 1 is 1.26 bits per heavy atom. The number of imide groups is 1. The Bertz CT molecular complexity index is 1120. The van der Waals surface area contributed by atoms with Crippen LogP contribution in [0.4, 0.5) is 10.5 Å². The van der Waals surface area contributed by atoms with Crippen LogP contribution in [-0.4, -0.2) is 52.7 Å². The molecule has 0 bridgehead atoms. The fraction of sp³-hybridized carbons (Fsp3) is 0.286. The number of hydrogen-bond donors (Lipinski definition) is 1. The minimum atomic E-state index is -1.31. The summed E-state index contributed by atoms with van der Waals surface area (Å²) in [7, 11) is 0. The van der Waals surface area contributed by atoms with Gasteiger partial charge in [0.25, 0.3) is 11.8 Å². The van der Waals surface area contributed by atoms with Crippen LogP contribution in [0.5, 0.6) is 0 Å². The van der Waals surface area contributed by atoms with Crippen molar-refractivity contribution >= 4 is 57.8 Å². The summed E-state index contributed by atoms with van der Waals surface area (Å²) in [5, 5.41) is 10.9. The second-order valence-electron chi connectivity index (χ2n) is 7.49. The van der Waals surface area contributed by atoms with E-state index in [9.17, 15) is 14.4 Å². The van der Waals surface area contributed by atoms with E-state index in [2.05, 4.69) is 10.4 Å². The van der Waals surface area contributed by atoms with E-state index in [-0.39, 0.29) is 24.0 Å². The first-order valence-electron chi connectivity index (χ1n) is 9.74. The van der Waals surface area contributed by atoms with E-state index in [4.69, 9.17) is 17.0 Å². The van der Waals surface area contributed by atoms with Gasteiger partial charge in [-0.1, -0.05) is 36.5 Å². The van der Waals surface area contributed by atoms with Crippen LogP contribution in [0.15, 0.2) is 52.9 Å². The lowest BCUT2D eigenvalue weighted by Crippen LogP contribution is -2.49. The van der Waals surface area contributed by atoms with E-state index >= 15 is 0 Å². The fourth-order valence-corrected chi connectivity index (χ4v) is 5.92. The lowest BCUT2D eigenvalue weighted by Gasteiger charge is -2.30. The molecule has 5 rings (SSSR count). The Labute approximate surface area is 187 Å². The molecule has 2 aromatic rings. The van der Waals surface area contributed by atoms with Crippen LogP contribution in [0.2, 0.25) is 0 Å². The van der Waals surface area contributed by atoms with E-state index in [1.807, 2.05) is 35.7 Å². The van der Waals surface area contributed by atoms with Crippen LogP contribution >= 0.6 is 23.6 Å². The third-order valence-corrected chi connectivity index (χ3v) is 7.33. The highest BCUT2D eigenvalue weighted by atomic mass is 32.1. The standard InChI is InChI=1S/C21H18N4O4S2/c1-12-21(19(27)25(23-12)13-6-3-2-4-7-13)15(14-8-5-11-31-14)16(22-18(21)30)17(26)24-9-10-29-20(24)28/h2-8,11,15-16H,9-10H2,1H3,(H,22,30)/t15-,16-,21+/m0/s1. The van der Waals surface area contributed by atoms with Crippen LogP contribution < -0.4 is 10.3 Å². The molecule has 10 heteroatoms. The van der Waals surface area contributed by atoms with Crippen molar-refractivity contribution in [1.29, 1.82) is 0 Å². The Balaban J connectivity index is 1.61. The van der Waals surface area contributed by atoms with Gasteiger partial charge < -0.3 is 10.1 Å². The number of anilines is 1. The molecule has 0 aliphatic carbocycles. The largest absolute Gasteiger partial charge is 0.447 e. The van der Waals surface area contributed by atoms with E-state index in [0.717, 1.165) is 9.78 Å². The second kappa shape index (κ2) is 7.24. The zero-order valence-electron chi connectivity index (χ0n) is 16.5. The van der Waals surface area contributed by atoms with Gasteiger partial charge in [0.1, 0.15) is 12.6 Å². The molecule has 8 nitrogen and oxygen atoms in total.